The molecule has 0 saturated heterocycles. The summed E-state index contributed by atoms with van der Waals surface area (Å²) in [5.41, 5.74) is 0. The van der Waals surface area contributed by atoms with E-state index in [1.54, 1.807) is 0 Å². The van der Waals surface area contributed by atoms with Crippen LogP contribution < -0.4 is 0 Å². The normalized spacial score (nSPS) is 7.71. The van der Waals surface area contributed by atoms with Gasteiger partial charge in [0, 0.05) is 17.1 Å². The van der Waals surface area contributed by atoms with Crippen LogP contribution in [0.2, 0.25) is 0 Å². The fourth-order valence-electron chi connectivity index (χ4n) is 0.321. The van der Waals surface area contributed by atoms with Crippen molar-refractivity contribution in [3.63, 3.8) is 0 Å². The van der Waals surface area contributed by atoms with Gasteiger partial charge < -0.3 is 0 Å². The van der Waals surface area contributed by atoms with Gasteiger partial charge in [0.05, 0.1) is 0 Å². The summed E-state index contributed by atoms with van der Waals surface area (Å²) in [7, 11) is 0.811. The maximum absolute atomic E-state index is 7.50. The Labute approximate surface area is 101 Å². The molecule has 0 aromatic heterocycles. The van der Waals surface area contributed by atoms with Crippen LogP contribution in [-0.2, 0) is 21.7 Å². The molecule has 0 N–H and O–H groups in total. The van der Waals surface area contributed by atoms with E-state index in [-0.39, 0.29) is 17.1 Å². The van der Waals surface area contributed by atoms with Gasteiger partial charge in [0.2, 0.25) is 0 Å². The van der Waals surface area contributed by atoms with Crippen LogP contribution in [-0.4, -0.2) is 26.7 Å². The van der Waals surface area contributed by atoms with Crippen molar-refractivity contribution in [1.82, 2.24) is 0 Å². The van der Waals surface area contributed by atoms with E-state index in [2.05, 4.69) is 33.3 Å². The van der Waals surface area contributed by atoms with E-state index < -0.39 is 0 Å². The summed E-state index contributed by atoms with van der Waals surface area (Å²) in [6.45, 7) is 13.8. The van der Waals surface area contributed by atoms with Crippen molar-refractivity contribution in [3.8, 4) is 0 Å². The molecule has 0 bridgehead atoms. The summed E-state index contributed by atoms with van der Waals surface area (Å²) in [6, 6.07) is 10.0. The van der Waals surface area contributed by atoms with E-state index >= 15 is 0 Å². The van der Waals surface area contributed by atoms with Crippen LogP contribution in [0.1, 0.15) is 0 Å². The van der Waals surface area contributed by atoms with Crippen molar-refractivity contribution in [2.45, 2.75) is 0 Å². The van der Waals surface area contributed by atoms with Gasteiger partial charge in [-0.25, -0.2) is 12.1 Å². The number of rotatable bonds is 1. The Hall–Kier alpha value is 0.469. The molecule has 1 nitrogen and oxygen atoms in total. The summed E-state index contributed by atoms with van der Waals surface area (Å²) in [6.07, 6.45) is 0. The Morgan fingerprint density at radius 3 is 1.29 bits per heavy atom. The molecule has 1 radical (unpaired) electrons. The summed E-state index contributed by atoms with van der Waals surface area (Å²) < 4.78 is 7.50. The maximum Gasteiger partial charge on any atom is 0 e. The Bertz CT molecular complexity index is 160. The first kappa shape index (κ1) is 20.0. The van der Waals surface area contributed by atoms with Crippen molar-refractivity contribution >= 4 is 15.2 Å². The Kier molecular flexibility index (Phi) is 22.7. The summed E-state index contributed by atoms with van der Waals surface area (Å²) in [5, 5.41) is 0. The van der Waals surface area contributed by atoms with Crippen LogP contribution in [0.25, 0.3) is 0 Å². The third-order valence-corrected chi connectivity index (χ3v) is 7.76. The molecule has 1 rings (SSSR count). The first-order valence-corrected chi connectivity index (χ1v) is 9.04. The second kappa shape index (κ2) is 15.9. The molecule has 0 amide bonds. The molecule has 0 aliphatic carbocycles. The quantitative estimate of drug-likeness (QED) is 0.320. The van der Waals surface area contributed by atoms with Crippen molar-refractivity contribution in [1.29, 1.82) is 0 Å². The molecule has 0 heterocycles. The average molecular weight is 270 g/mol. The molecular weight excluding hydrogens is 253 g/mol. The van der Waals surface area contributed by atoms with Crippen molar-refractivity contribution in [2.75, 3.05) is 26.7 Å². The predicted octanol–water partition coefficient (Wildman–Crippen LogP) is 3.75. The predicted molar refractivity (Wildman–Crippen MR) is 63.5 cm³/mol. The van der Waals surface area contributed by atoms with Crippen LogP contribution in [0.15, 0.2) is 30.3 Å². The fourth-order valence-corrected chi connectivity index (χ4v) is 0.321. The topological polar surface area (TPSA) is 19.9 Å². The van der Waals surface area contributed by atoms with E-state index in [0.29, 0.717) is 15.2 Å². The number of hydrogen-bond acceptors (Lipinski definition) is 0. The van der Waals surface area contributed by atoms with E-state index in [1.165, 1.54) is 0 Å². The van der Waals surface area contributed by atoms with Gasteiger partial charge >= 0.3 is 11.3 Å². The van der Waals surface area contributed by atoms with E-state index in [0.717, 1.165) is 0 Å². The molecule has 0 atom stereocenters. The van der Waals surface area contributed by atoms with Gasteiger partial charge in [0.25, 0.3) is 0 Å². The maximum atomic E-state index is 7.50. The van der Waals surface area contributed by atoms with E-state index in [9.17, 15) is 0 Å². The monoisotopic (exact) mass is 270 g/mol. The molecular formula is C10H17MnOP2-. The number of hydrogen-bond donors (Lipinski definition) is 0. The zero-order valence-electron chi connectivity index (χ0n) is 9.07. The van der Waals surface area contributed by atoms with Gasteiger partial charge in [-0.3, -0.25) is 0 Å². The molecule has 14 heavy (non-hydrogen) atoms. The molecule has 1 aromatic rings. The fraction of sp³-hybridized carbons (Fsp3) is 0.400. The van der Waals surface area contributed by atoms with Crippen LogP contribution in [0.5, 0.6) is 0 Å². The van der Waals surface area contributed by atoms with Crippen LogP contribution in [0, 0.1) is 6.65 Å². The van der Waals surface area contributed by atoms with Gasteiger partial charge in [0.1, 0.15) is 0 Å². The summed E-state index contributed by atoms with van der Waals surface area (Å²) in [4.78, 5) is 0. The summed E-state index contributed by atoms with van der Waals surface area (Å²) in [5.74, 6) is 0. The Morgan fingerprint density at radius 1 is 0.929 bits per heavy atom. The third kappa shape index (κ3) is 18.3. The first-order valence-electron chi connectivity index (χ1n) is 3.86. The zero-order valence-corrected chi connectivity index (χ0v) is 12.0. The Balaban J connectivity index is -0.000000139. The molecule has 0 unspecified atom stereocenters. The smallest absolute Gasteiger partial charge is 0 e. The largest absolute Gasteiger partial charge is 0.214 e. The van der Waals surface area contributed by atoms with Crippen LogP contribution >= 0.6 is 15.2 Å². The molecule has 0 saturated carbocycles. The molecule has 4 heteroatoms. The first-order chi connectivity index (χ1) is 6.14. The minimum atomic E-state index is 0. The minimum Gasteiger partial charge on any atom is -0.214 e. The van der Waals surface area contributed by atoms with Gasteiger partial charge in [-0.1, -0.05) is 15.2 Å². The van der Waals surface area contributed by atoms with Crippen molar-refractivity contribution in [2.24, 2.45) is 0 Å². The minimum absolute atomic E-state index is 0. The van der Waals surface area contributed by atoms with Gasteiger partial charge in [-0.2, -0.15) is 18.2 Å². The van der Waals surface area contributed by atoms with Crippen LogP contribution in [0.4, 0.5) is 0 Å². The zero-order chi connectivity index (χ0) is 10.7. The Morgan fingerprint density at radius 2 is 1.21 bits per heavy atom. The van der Waals surface area contributed by atoms with Crippen molar-refractivity contribution < 1.29 is 21.7 Å². The SMILES string of the molecule is CP(C)P(C)C.[C-]#[O+].[Mn].c1cc[cH-]c1. The third-order valence-electron chi connectivity index (χ3n) is 1.36. The van der Waals surface area contributed by atoms with Gasteiger partial charge in [-0.15, -0.1) is 0 Å². The average Bonchev–Trinajstić information content (AvgIpc) is 2.64. The van der Waals surface area contributed by atoms with E-state index in [4.69, 9.17) is 4.65 Å². The molecule has 81 valence electrons. The second-order valence-electron chi connectivity index (χ2n) is 2.66. The standard InChI is InChI=1S/C5H5.C4H12P2.CO.Mn/c1-2-4-5-3-1;1-5(2)6(3)4;1-2;/h1-5H;1-4H3;;/q-1;;;. The molecule has 1 aromatic carbocycles. The van der Waals surface area contributed by atoms with Crippen LogP contribution in [0.3, 0.4) is 0 Å². The molecule has 0 aliphatic rings. The van der Waals surface area contributed by atoms with Gasteiger partial charge in [0.15, 0.2) is 0 Å². The molecule has 0 aliphatic heterocycles. The molecule has 0 fully saturated rings. The second-order valence-corrected chi connectivity index (χ2v) is 10.8. The van der Waals surface area contributed by atoms with Crippen molar-refractivity contribution in [3.05, 3.63) is 37.0 Å². The van der Waals surface area contributed by atoms with E-state index in [1.807, 2.05) is 30.3 Å². The van der Waals surface area contributed by atoms with Gasteiger partial charge in [-0.05, 0) is 26.7 Å². The summed E-state index contributed by atoms with van der Waals surface area (Å²) >= 11 is 0. The molecule has 0 spiro atoms.